The summed E-state index contributed by atoms with van der Waals surface area (Å²) in [5.74, 6) is 0. The molecule has 0 aliphatic rings. The lowest BCUT2D eigenvalue weighted by molar-refractivity contribution is -0.0161. The predicted octanol–water partition coefficient (Wildman–Crippen LogP) is 1.58. The van der Waals surface area contributed by atoms with Crippen LogP contribution >= 0.6 is 0 Å². The van der Waals surface area contributed by atoms with Gasteiger partial charge in [-0.2, -0.15) is 0 Å². The van der Waals surface area contributed by atoms with Crippen LogP contribution in [0.4, 0.5) is 4.79 Å². The second kappa shape index (κ2) is 18.1. The molecule has 0 saturated carbocycles. The van der Waals surface area contributed by atoms with Gasteiger partial charge in [0.15, 0.2) is 0 Å². The van der Waals surface area contributed by atoms with Gasteiger partial charge in [-0.15, -0.1) is 0 Å². The molecule has 0 radical (unpaired) electrons. The van der Waals surface area contributed by atoms with Crippen LogP contribution in [0.5, 0.6) is 0 Å². The van der Waals surface area contributed by atoms with Crippen LogP contribution in [0.15, 0.2) is 0 Å². The highest BCUT2D eigenvalue weighted by Gasteiger charge is 2.19. The van der Waals surface area contributed by atoms with E-state index in [2.05, 4.69) is 0 Å². The van der Waals surface area contributed by atoms with Crippen LogP contribution in [0.1, 0.15) is 20.8 Å². The van der Waals surface area contributed by atoms with Gasteiger partial charge in [-0.1, -0.05) is 0 Å². The number of methoxy groups -OCH3 is 1. The number of rotatable bonds is 18. The molecule has 0 saturated heterocycles. The summed E-state index contributed by atoms with van der Waals surface area (Å²) in [5.41, 5.74) is -0.493. The molecule has 168 valence electrons. The first-order chi connectivity index (χ1) is 13.4. The van der Waals surface area contributed by atoms with Crippen molar-refractivity contribution in [1.82, 2.24) is 4.90 Å². The van der Waals surface area contributed by atoms with Gasteiger partial charge in [0.2, 0.25) is 0 Å². The monoisotopic (exact) mass is 409 g/mol. The molecule has 0 aromatic carbocycles. The third kappa shape index (κ3) is 19.8. The van der Waals surface area contributed by atoms with Gasteiger partial charge in [0.05, 0.1) is 72.7 Å². The normalized spacial score (nSPS) is 11.6. The molecule has 9 nitrogen and oxygen atoms in total. The van der Waals surface area contributed by atoms with E-state index in [1.54, 1.807) is 14.2 Å². The Morgan fingerprint density at radius 1 is 0.679 bits per heavy atom. The Hall–Kier alpha value is -0.970. The Balaban J connectivity index is 3.24. The van der Waals surface area contributed by atoms with Crippen LogP contribution in [0, 0.1) is 0 Å². The largest absolute Gasteiger partial charge is 0.444 e. The molecule has 0 heterocycles. The number of ether oxygens (including phenoxy) is 7. The maximum Gasteiger partial charge on any atom is 0.410 e. The van der Waals surface area contributed by atoms with Crippen LogP contribution in [0.2, 0.25) is 0 Å². The van der Waals surface area contributed by atoms with Gasteiger partial charge in [0, 0.05) is 20.7 Å². The van der Waals surface area contributed by atoms with Gasteiger partial charge >= 0.3 is 6.09 Å². The lowest BCUT2D eigenvalue weighted by Crippen LogP contribution is -2.36. The minimum atomic E-state index is -0.493. The highest BCUT2D eigenvalue weighted by molar-refractivity contribution is 5.67. The topological polar surface area (TPSA) is 84.9 Å². The van der Waals surface area contributed by atoms with E-state index in [0.29, 0.717) is 79.2 Å². The minimum absolute atomic E-state index is 0.355. The molecule has 0 atom stereocenters. The van der Waals surface area contributed by atoms with E-state index < -0.39 is 5.60 Å². The second-order valence-corrected chi connectivity index (χ2v) is 6.96. The van der Waals surface area contributed by atoms with Crippen molar-refractivity contribution in [3.63, 3.8) is 0 Å². The van der Waals surface area contributed by atoms with Crippen molar-refractivity contribution in [2.45, 2.75) is 26.4 Å². The molecule has 9 heteroatoms. The molecular formula is C19H39NO8. The smallest absolute Gasteiger partial charge is 0.410 e. The van der Waals surface area contributed by atoms with E-state index in [1.807, 2.05) is 20.8 Å². The lowest BCUT2D eigenvalue weighted by Gasteiger charge is -2.24. The standard InChI is InChI=1S/C19H39NO8/c1-19(2,3)28-18(21)20(4)6-7-23-10-11-25-14-15-27-17-16-26-13-12-24-9-8-22-5/h6-17H2,1-5H3. The molecule has 0 aromatic rings. The molecular weight excluding hydrogens is 370 g/mol. The number of hydrogen-bond acceptors (Lipinski definition) is 8. The van der Waals surface area contributed by atoms with Gasteiger partial charge in [-0.3, -0.25) is 0 Å². The van der Waals surface area contributed by atoms with Gasteiger partial charge in [-0.25, -0.2) is 4.79 Å². The molecule has 1 amide bonds. The number of amides is 1. The molecule has 0 N–H and O–H groups in total. The summed E-state index contributed by atoms with van der Waals surface area (Å²) >= 11 is 0. The first kappa shape index (κ1) is 27.0. The van der Waals surface area contributed by atoms with Crippen molar-refractivity contribution in [3.8, 4) is 0 Å². The average Bonchev–Trinajstić information content (AvgIpc) is 2.62. The molecule has 0 aliphatic carbocycles. The van der Waals surface area contributed by atoms with E-state index in [4.69, 9.17) is 33.2 Å². The van der Waals surface area contributed by atoms with Crippen molar-refractivity contribution in [3.05, 3.63) is 0 Å². The van der Waals surface area contributed by atoms with E-state index in [0.717, 1.165) is 0 Å². The van der Waals surface area contributed by atoms with E-state index in [-0.39, 0.29) is 6.09 Å². The first-order valence-electron chi connectivity index (χ1n) is 9.68. The van der Waals surface area contributed by atoms with Crippen molar-refractivity contribution in [1.29, 1.82) is 0 Å². The minimum Gasteiger partial charge on any atom is -0.444 e. The zero-order valence-corrected chi connectivity index (χ0v) is 18.2. The summed E-state index contributed by atoms with van der Waals surface area (Å²) in [7, 11) is 3.32. The number of carbonyl (C=O) groups excluding carboxylic acids is 1. The summed E-state index contributed by atoms with van der Waals surface area (Å²) in [6, 6.07) is 0. The summed E-state index contributed by atoms with van der Waals surface area (Å²) in [4.78, 5) is 13.2. The van der Waals surface area contributed by atoms with Crippen LogP contribution in [0.25, 0.3) is 0 Å². The maximum absolute atomic E-state index is 11.8. The summed E-state index contributed by atoms with van der Waals surface area (Å²) in [6.45, 7) is 11.7. The fourth-order valence-electron chi connectivity index (χ4n) is 1.76. The summed E-state index contributed by atoms with van der Waals surface area (Å²) in [5, 5.41) is 0. The zero-order valence-electron chi connectivity index (χ0n) is 18.2. The van der Waals surface area contributed by atoms with Gasteiger partial charge in [0.25, 0.3) is 0 Å². The highest BCUT2D eigenvalue weighted by Crippen LogP contribution is 2.08. The summed E-state index contributed by atoms with van der Waals surface area (Å²) in [6.07, 6.45) is -0.355. The SMILES string of the molecule is COCCOCCOCCOCCOCCOCCN(C)C(=O)OC(C)(C)C. The molecule has 0 spiro atoms. The van der Waals surface area contributed by atoms with E-state index >= 15 is 0 Å². The molecule has 0 fully saturated rings. The molecule has 0 rings (SSSR count). The fourth-order valence-corrected chi connectivity index (χ4v) is 1.76. The maximum atomic E-state index is 11.8. The average molecular weight is 410 g/mol. The molecule has 0 aromatic heterocycles. The van der Waals surface area contributed by atoms with E-state index in [9.17, 15) is 4.79 Å². The zero-order chi connectivity index (χ0) is 21.1. The van der Waals surface area contributed by atoms with Crippen molar-refractivity contribution >= 4 is 6.09 Å². The van der Waals surface area contributed by atoms with Gasteiger partial charge in [0.1, 0.15) is 5.60 Å². The van der Waals surface area contributed by atoms with Crippen LogP contribution in [0.3, 0.4) is 0 Å². The van der Waals surface area contributed by atoms with Crippen LogP contribution in [-0.4, -0.2) is 110 Å². The third-order valence-electron chi connectivity index (χ3n) is 3.20. The third-order valence-corrected chi connectivity index (χ3v) is 3.20. The predicted molar refractivity (Wildman–Crippen MR) is 105 cm³/mol. The van der Waals surface area contributed by atoms with Crippen molar-refractivity contribution in [2.75, 3.05) is 93.4 Å². The Bertz CT molecular complexity index is 362. The number of nitrogens with zero attached hydrogens (tertiary/aromatic N) is 1. The van der Waals surface area contributed by atoms with Crippen molar-refractivity contribution < 1.29 is 38.0 Å². The van der Waals surface area contributed by atoms with Crippen LogP contribution < -0.4 is 0 Å². The Morgan fingerprint density at radius 3 is 1.39 bits per heavy atom. The number of carbonyl (C=O) groups is 1. The Labute approximate surface area is 169 Å². The van der Waals surface area contributed by atoms with Gasteiger partial charge in [-0.05, 0) is 20.8 Å². The molecule has 0 bridgehead atoms. The first-order valence-corrected chi connectivity index (χ1v) is 9.68. The lowest BCUT2D eigenvalue weighted by atomic mass is 10.2. The number of hydrogen-bond donors (Lipinski definition) is 0. The molecule has 0 aliphatic heterocycles. The van der Waals surface area contributed by atoms with E-state index in [1.165, 1.54) is 4.90 Å². The highest BCUT2D eigenvalue weighted by atomic mass is 16.6. The fraction of sp³-hybridized carbons (Fsp3) is 0.947. The Kier molecular flexibility index (Phi) is 17.5. The molecule has 28 heavy (non-hydrogen) atoms. The second-order valence-electron chi connectivity index (χ2n) is 6.96. The molecule has 0 unspecified atom stereocenters. The van der Waals surface area contributed by atoms with Crippen molar-refractivity contribution in [2.24, 2.45) is 0 Å². The summed E-state index contributed by atoms with van der Waals surface area (Å²) < 4.78 is 37.0. The van der Waals surface area contributed by atoms with Gasteiger partial charge < -0.3 is 38.1 Å². The Morgan fingerprint density at radius 2 is 1.04 bits per heavy atom. The van der Waals surface area contributed by atoms with Crippen LogP contribution in [-0.2, 0) is 33.2 Å². The number of likely N-dealkylation sites (N-methyl/N-ethyl adjacent to an activating group) is 1. The quantitative estimate of drug-likeness (QED) is 0.316.